The Labute approximate surface area is 159 Å². The molecule has 0 spiro atoms. The van der Waals surface area contributed by atoms with Crippen molar-refractivity contribution >= 4 is 17.7 Å². The quantitative estimate of drug-likeness (QED) is 0.397. The summed E-state index contributed by atoms with van der Waals surface area (Å²) < 4.78 is 7.25. The van der Waals surface area contributed by atoms with E-state index in [0.717, 1.165) is 47.6 Å². The first kappa shape index (κ1) is 20.1. The number of thioether (sulfide) groups is 1. The summed E-state index contributed by atoms with van der Waals surface area (Å²) in [4.78, 5) is 4.69. The number of aliphatic imine (C=N–C) groups is 1. The second-order valence-electron chi connectivity index (χ2n) is 5.87. The van der Waals surface area contributed by atoms with E-state index < -0.39 is 0 Å². The molecule has 1 aromatic carbocycles. The molecule has 0 aliphatic carbocycles. The molecule has 0 bridgehead atoms. The normalized spacial score (nSPS) is 11.5. The van der Waals surface area contributed by atoms with Crippen molar-refractivity contribution in [3.05, 3.63) is 41.5 Å². The largest absolute Gasteiger partial charge is 0.497 e. The number of rotatable bonds is 9. The molecule has 0 amide bonds. The Morgan fingerprint density at radius 2 is 2.15 bits per heavy atom. The summed E-state index contributed by atoms with van der Waals surface area (Å²) in [5, 5.41) is 15.0. The van der Waals surface area contributed by atoms with Crippen molar-refractivity contribution in [2.45, 2.75) is 26.4 Å². The van der Waals surface area contributed by atoms with Crippen LogP contribution in [0.2, 0.25) is 0 Å². The molecule has 2 N–H and O–H groups in total. The van der Waals surface area contributed by atoms with Gasteiger partial charge in [0.2, 0.25) is 0 Å². The third-order valence-corrected chi connectivity index (χ3v) is 4.67. The minimum Gasteiger partial charge on any atom is -0.497 e. The molecule has 0 saturated carbocycles. The van der Waals surface area contributed by atoms with Gasteiger partial charge in [-0.3, -0.25) is 0 Å². The molecule has 1 heterocycles. The summed E-state index contributed by atoms with van der Waals surface area (Å²) in [5.41, 5.74) is 1.10. The minimum absolute atomic E-state index is 0.573. The van der Waals surface area contributed by atoms with E-state index in [0.29, 0.717) is 13.1 Å². The van der Waals surface area contributed by atoms with Crippen LogP contribution in [-0.4, -0.2) is 46.4 Å². The summed E-state index contributed by atoms with van der Waals surface area (Å²) >= 11 is 1.85. The molecule has 8 heteroatoms. The maximum absolute atomic E-state index is 5.27. The summed E-state index contributed by atoms with van der Waals surface area (Å²) in [6, 6.07) is 7.96. The van der Waals surface area contributed by atoms with Crippen LogP contribution in [0.25, 0.3) is 0 Å². The van der Waals surface area contributed by atoms with Gasteiger partial charge in [-0.2, -0.15) is 11.8 Å². The number of benzene rings is 1. The number of guanidine groups is 1. The van der Waals surface area contributed by atoms with Gasteiger partial charge in [-0.15, -0.1) is 10.2 Å². The third kappa shape index (κ3) is 6.25. The van der Waals surface area contributed by atoms with Gasteiger partial charge in [0.25, 0.3) is 0 Å². The summed E-state index contributed by atoms with van der Waals surface area (Å²) in [6.07, 6.45) is 3.20. The molecule has 0 atom stereocenters. The van der Waals surface area contributed by atoms with Crippen LogP contribution in [0, 0.1) is 6.92 Å². The molecule has 0 aliphatic rings. The number of methoxy groups -OCH3 is 1. The predicted molar refractivity (Wildman–Crippen MR) is 108 cm³/mol. The van der Waals surface area contributed by atoms with Gasteiger partial charge < -0.3 is 19.9 Å². The highest BCUT2D eigenvalue weighted by Crippen LogP contribution is 2.13. The maximum atomic E-state index is 5.27. The molecule has 0 fully saturated rings. The van der Waals surface area contributed by atoms with Crippen LogP contribution in [0.1, 0.15) is 23.6 Å². The molecular weight excluding hydrogens is 348 g/mol. The Hall–Kier alpha value is -2.22. The van der Waals surface area contributed by atoms with E-state index in [2.05, 4.69) is 27.1 Å². The van der Waals surface area contributed by atoms with Crippen molar-refractivity contribution in [3.8, 4) is 5.75 Å². The molecule has 142 valence electrons. The second kappa shape index (κ2) is 10.7. The van der Waals surface area contributed by atoms with Gasteiger partial charge in [-0.1, -0.05) is 12.1 Å². The fraction of sp³-hybridized carbons (Fsp3) is 0.500. The number of aromatic nitrogens is 3. The van der Waals surface area contributed by atoms with Gasteiger partial charge in [0.05, 0.1) is 20.2 Å². The highest BCUT2D eigenvalue weighted by molar-refractivity contribution is 7.98. The van der Waals surface area contributed by atoms with Gasteiger partial charge in [0, 0.05) is 13.6 Å². The summed E-state index contributed by atoms with van der Waals surface area (Å²) in [5.74, 6) is 4.51. The summed E-state index contributed by atoms with van der Waals surface area (Å²) in [6.45, 7) is 3.97. The first-order valence-corrected chi connectivity index (χ1v) is 10.0. The van der Waals surface area contributed by atoms with Crippen LogP contribution in [0.15, 0.2) is 29.3 Å². The van der Waals surface area contributed by atoms with E-state index in [-0.39, 0.29) is 0 Å². The number of nitrogens with zero attached hydrogens (tertiary/aromatic N) is 4. The molecule has 0 unspecified atom stereocenters. The van der Waals surface area contributed by atoms with Crippen LogP contribution >= 0.6 is 11.8 Å². The van der Waals surface area contributed by atoms with Crippen molar-refractivity contribution in [1.82, 2.24) is 25.4 Å². The molecule has 0 radical (unpaired) electrons. The van der Waals surface area contributed by atoms with Crippen molar-refractivity contribution in [2.75, 3.05) is 25.7 Å². The fourth-order valence-electron chi connectivity index (χ4n) is 2.31. The van der Waals surface area contributed by atoms with Crippen LogP contribution in [0.4, 0.5) is 0 Å². The van der Waals surface area contributed by atoms with Crippen molar-refractivity contribution in [3.63, 3.8) is 0 Å². The first-order chi connectivity index (χ1) is 12.6. The van der Waals surface area contributed by atoms with Gasteiger partial charge in [-0.05, 0) is 43.0 Å². The SMILES string of the molecule is COc1cccc(CN=C(NCCCSC)NCc2nnc(C)n2C)c1. The number of hydrogen-bond donors (Lipinski definition) is 2. The van der Waals surface area contributed by atoms with Gasteiger partial charge in [0.15, 0.2) is 11.8 Å². The van der Waals surface area contributed by atoms with E-state index in [1.807, 2.05) is 54.6 Å². The van der Waals surface area contributed by atoms with Crippen LogP contribution < -0.4 is 15.4 Å². The lowest BCUT2D eigenvalue weighted by molar-refractivity contribution is 0.414. The zero-order valence-electron chi connectivity index (χ0n) is 16.0. The Balaban J connectivity index is 2.00. The Bertz CT molecular complexity index is 715. The van der Waals surface area contributed by atoms with E-state index in [4.69, 9.17) is 9.73 Å². The number of hydrogen-bond acceptors (Lipinski definition) is 5. The molecule has 2 aromatic rings. The van der Waals surface area contributed by atoms with E-state index >= 15 is 0 Å². The van der Waals surface area contributed by atoms with Crippen molar-refractivity contribution < 1.29 is 4.74 Å². The topological polar surface area (TPSA) is 76.4 Å². The predicted octanol–water partition coefficient (Wildman–Crippen LogP) is 2.12. The van der Waals surface area contributed by atoms with Crippen LogP contribution in [0.3, 0.4) is 0 Å². The maximum Gasteiger partial charge on any atom is 0.191 e. The van der Waals surface area contributed by atoms with Gasteiger partial charge in [-0.25, -0.2) is 4.99 Å². The molecule has 7 nitrogen and oxygen atoms in total. The number of ether oxygens (including phenoxy) is 1. The van der Waals surface area contributed by atoms with Crippen molar-refractivity contribution in [2.24, 2.45) is 12.0 Å². The molecule has 0 saturated heterocycles. The second-order valence-corrected chi connectivity index (χ2v) is 6.85. The zero-order chi connectivity index (χ0) is 18.8. The Morgan fingerprint density at radius 3 is 2.85 bits per heavy atom. The Morgan fingerprint density at radius 1 is 1.31 bits per heavy atom. The first-order valence-electron chi connectivity index (χ1n) is 8.63. The van der Waals surface area contributed by atoms with E-state index in [1.54, 1.807) is 7.11 Å². The highest BCUT2D eigenvalue weighted by atomic mass is 32.2. The van der Waals surface area contributed by atoms with Crippen LogP contribution in [0.5, 0.6) is 5.75 Å². The van der Waals surface area contributed by atoms with Gasteiger partial charge in [0.1, 0.15) is 11.6 Å². The third-order valence-electron chi connectivity index (χ3n) is 3.97. The highest BCUT2D eigenvalue weighted by Gasteiger charge is 2.06. The van der Waals surface area contributed by atoms with Crippen molar-refractivity contribution in [1.29, 1.82) is 0 Å². The minimum atomic E-state index is 0.573. The summed E-state index contributed by atoms with van der Waals surface area (Å²) in [7, 11) is 3.64. The molecule has 2 rings (SSSR count). The molecular formula is C18H28N6OS. The number of nitrogens with one attached hydrogen (secondary N) is 2. The lowest BCUT2D eigenvalue weighted by Crippen LogP contribution is -2.38. The van der Waals surface area contributed by atoms with E-state index in [9.17, 15) is 0 Å². The zero-order valence-corrected chi connectivity index (χ0v) is 16.8. The average Bonchev–Trinajstić information content (AvgIpc) is 2.99. The van der Waals surface area contributed by atoms with Gasteiger partial charge >= 0.3 is 0 Å². The molecule has 26 heavy (non-hydrogen) atoms. The number of aryl methyl sites for hydroxylation is 1. The van der Waals surface area contributed by atoms with E-state index in [1.165, 1.54) is 0 Å². The van der Waals surface area contributed by atoms with Crippen LogP contribution in [-0.2, 0) is 20.1 Å². The Kier molecular flexibility index (Phi) is 8.27. The lowest BCUT2D eigenvalue weighted by atomic mass is 10.2. The smallest absolute Gasteiger partial charge is 0.191 e. The average molecular weight is 377 g/mol. The standard InChI is InChI=1S/C18H28N6OS/c1-14-22-23-17(24(14)2)13-21-18(19-9-6-10-26-4)20-12-15-7-5-8-16(11-15)25-3/h5,7-8,11H,6,9-10,12-13H2,1-4H3,(H2,19,20,21). The monoisotopic (exact) mass is 376 g/mol. The lowest BCUT2D eigenvalue weighted by Gasteiger charge is -2.12. The fourth-order valence-corrected chi connectivity index (χ4v) is 2.74. The molecule has 0 aliphatic heterocycles. The molecule has 1 aromatic heterocycles.